The first-order valence-electron chi connectivity index (χ1n) is 11.5. The average Bonchev–Trinajstić information content (AvgIpc) is 3.45. The van der Waals surface area contributed by atoms with E-state index in [1.54, 1.807) is 0 Å². The van der Waals surface area contributed by atoms with E-state index in [4.69, 9.17) is 8.83 Å². The molecule has 0 fully saturated rings. The fourth-order valence-corrected chi connectivity index (χ4v) is 5.11. The lowest BCUT2D eigenvalue weighted by atomic mass is 9.96. The lowest BCUT2D eigenvalue weighted by Crippen LogP contribution is -1.86. The Morgan fingerprint density at radius 3 is 2.06 bits per heavy atom. The van der Waals surface area contributed by atoms with E-state index in [1.165, 1.54) is 0 Å². The third-order valence-electron chi connectivity index (χ3n) is 6.76. The number of hydrogen-bond acceptors (Lipinski definition) is 3. The second-order valence-electron chi connectivity index (χ2n) is 8.90. The maximum Gasteiger partial charge on any atom is 0.147 e. The summed E-state index contributed by atoms with van der Waals surface area (Å²) in [5.41, 5.74) is 9.98. The molecule has 4 aromatic carbocycles. The molecule has 0 atom stereocenters. The van der Waals surface area contributed by atoms with Crippen LogP contribution in [0.5, 0.6) is 0 Å². The van der Waals surface area contributed by atoms with Crippen LogP contribution in [0.15, 0.2) is 100.0 Å². The van der Waals surface area contributed by atoms with Crippen molar-refractivity contribution in [2.45, 2.75) is 13.8 Å². The molecule has 0 radical (unpaired) electrons. The van der Waals surface area contributed by atoms with Gasteiger partial charge >= 0.3 is 0 Å². The van der Waals surface area contributed by atoms with E-state index >= 15 is 0 Å². The first kappa shape index (κ1) is 19.1. The van der Waals surface area contributed by atoms with Crippen LogP contribution in [0.3, 0.4) is 0 Å². The van der Waals surface area contributed by atoms with E-state index in [0.29, 0.717) is 0 Å². The predicted octanol–water partition coefficient (Wildman–Crippen LogP) is 8.83. The largest absolute Gasteiger partial charge is 0.456 e. The number of hydrogen-bond donors (Lipinski definition) is 0. The van der Waals surface area contributed by atoms with Gasteiger partial charge in [0.15, 0.2) is 0 Å². The maximum absolute atomic E-state index is 6.60. The molecular formula is C31H21NO2. The lowest BCUT2D eigenvalue weighted by molar-refractivity contribution is 0.660. The molecule has 0 aliphatic heterocycles. The second kappa shape index (κ2) is 7.06. The Labute approximate surface area is 196 Å². The van der Waals surface area contributed by atoms with Crippen LogP contribution in [0.4, 0.5) is 0 Å². The summed E-state index contributed by atoms with van der Waals surface area (Å²) in [6, 6.07) is 29.3. The van der Waals surface area contributed by atoms with Gasteiger partial charge in [-0.05, 0) is 54.3 Å². The Kier molecular flexibility index (Phi) is 3.97. The molecule has 162 valence electrons. The van der Waals surface area contributed by atoms with Crippen molar-refractivity contribution in [3.05, 3.63) is 102 Å². The normalized spacial score (nSPS) is 11.8. The highest BCUT2D eigenvalue weighted by Crippen LogP contribution is 2.45. The third-order valence-corrected chi connectivity index (χ3v) is 6.76. The molecule has 3 nitrogen and oxygen atoms in total. The summed E-state index contributed by atoms with van der Waals surface area (Å²) >= 11 is 0. The molecule has 0 unspecified atom stereocenters. The van der Waals surface area contributed by atoms with Crippen LogP contribution in [0.25, 0.3) is 66.3 Å². The maximum atomic E-state index is 6.60. The van der Waals surface area contributed by atoms with Crippen LogP contribution in [-0.4, -0.2) is 4.98 Å². The van der Waals surface area contributed by atoms with Crippen molar-refractivity contribution in [1.82, 2.24) is 4.98 Å². The Morgan fingerprint density at radius 2 is 1.29 bits per heavy atom. The molecule has 0 bridgehead atoms. The minimum absolute atomic E-state index is 0.835. The van der Waals surface area contributed by atoms with Crippen LogP contribution in [0.1, 0.15) is 11.1 Å². The molecule has 34 heavy (non-hydrogen) atoms. The Hall–Kier alpha value is -4.37. The van der Waals surface area contributed by atoms with Gasteiger partial charge < -0.3 is 8.83 Å². The monoisotopic (exact) mass is 439 g/mol. The second-order valence-corrected chi connectivity index (χ2v) is 8.90. The summed E-state index contributed by atoms with van der Waals surface area (Å²) in [5, 5.41) is 4.35. The van der Waals surface area contributed by atoms with Crippen molar-refractivity contribution in [1.29, 1.82) is 0 Å². The van der Waals surface area contributed by atoms with Gasteiger partial charge in [0.2, 0.25) is 0 Å². The fourth-order valence-electron chi connectivity index (χ4n) is 5.11. The van der Waals surface area contributed by atoms with Crippen molar-refractivity contribution < 1.29 is 8.83 Å². The molecular weight excluding hydrogens is 418 g/mol. The number of nitrogens with zero attached hydrogens (tertiary/aromatic N) is 1. The minimum atomic E-state index is 0.835. The summed E-state index contributed by atoms with van der Waals surface area (Å²) in [6.07, 6.45) is 1.88. The van der Waals surface area contributed by atoms with Gasteiger partial charge in [0.25, 0.3) is 0 Å². The lowest BCUT2D eigenvalue weighted by Gasteiger charge is -2.07. The van der Waals surface area contributed by atoms with E-state index < -0.39 is 0 Å². The van der Waals surface area contributed by atoms with Gasteiger partial charge in [-0.2, -0.15) is 0 Å². The zero-order valence-corrected chi connectivity index (χ0v) is 18.9. The highest BCUT2D eigenvalue weighted by Gasteiger charge is 2.22. The highest BCUT2D eigenvalue weighted by molar-refractivity contribution is 6.26. The van der Waals surface area contributed by atoms with E-state index in [2.05, 4.69) is 85.6 Å². The molecule has 0 aliphatic carbocycles. The number of rotatable bonds is 2. The summed E-state index contributed by atoms with van der Waals surface area (Å²) in [4.78, 5) is 4.64. The van der Waals surface area contributed by atoms with Crippen molar-refractivity contribution in [2.75, 3.05) is 0 Å². The summed E-state index contributed by atoms with van der Waals surface area (Å²) in [6.45, 7) is 4.18. The van der Waals surface area contributed by atoms with Crippen LogP contribution in [0.2, 0.25) is 0 Å². The molecule has 0 aliphatic rings. The fraction of sp³-hybridized carbons (Fsp3) is 0.0645. The van der Waals surface area contributed by atoms with E-state index in [-0.39, 0.29) is 0 Å². The Bertz CT molecular complexity index is 1870. The van der Waals surface area contributed by atoms with Gasteiger partial charge in [0.05, 0.1) is 11.1 Å². The van der Waals surface area contributed by atoms with Gasteiger partial charge in [-0.1, -0.05) is 66.7 Å². The number of para-hydroxylation sites is 2. The Balaban J connectivity index is 1.64. The first-order valence-corrected chi connectivity index (χ1v) is 11.5. The van der Waals surface area contributed by atoms with E-state index in [1.807, 2.05) is 24.4 Å². The number of fused-ring (bicyclic) bond motifs is 7. The third kappa shape index (κ3) is 2.67. The topological polar surface area (TPSA) is 39.2 Å². The SMILES string of the molecule is Cc1cccc2c1oc1c2c(-c2ccnc(-c3ccccc3)c2)cc2oc3c(C)cccc3c21. The number of benzene rings is 4. The molecule has 0 saturated heterocycles. The van der Waals surface area contributed by atoms with Gasteiger partial charge in [0.1, 0.15) is 22.3 Å². The zero-order valence-electron chi connectivity index (χ0n) is 18.9. The quantitative estimate of drug-likeness (QED) is 0.270. The van der Waals surface area contributed by atoms with Crippen LogP contribution in [-0.2, 0) is 0 Å². The molecule has 3 heterocycles. The van der Waals surface area contributed by atoms with Crippen LogP contribution >= 0.6 is 0 Å². The smallest absolute Gasteiger partial charge is 0.147 e. The summed E-state index contributed by atoms with van der Waals surface area (Å²) in [5.74, 6) is 0. The molecule has 0 N–H and O–H groups in total. The minimum Gasteiger partial charge on any atom is -0.456 e. The van der Waals surface area contributed by atoms with Gasteiger partial charge in [-0.25, -0.2) is 0 Å². The van der Waals surface area contributed by atoms with Crippen molar-refractivity contribution in [3.8, 4) is 22.4 Å². The first-order chi connectivity index (χ1) is 16.7. The molecule has 0 spiro atoms. The van der Waals surface area contributed by atoms with Crippen LogP contribution < -0.4 is 0 Å². The van der Waals surface area contributed by atoms with Crippen LogP contribution in [0, 0.1) is 13.8 Å². The summed E-state index contributed by atoms with van der Waals surface area (Å²) in [7, 11) is 0. The molecule has 0 saturated carbocycles. The highest BCUT2D eigenvalue weighted by atomic mass is 16.3. The zero-order chi connectivity index (χ0) is 22.8. The van der Waals surface area contributed by atoms with Crippen molar-refractivity contribution in [3.63, 3.8) is 0 Å². The molecule has 0 amide bonds. The molecule has 7 rings (SSSR count). The number of aromatic nitrogens is 1. The van der Waals surface area contributed by atoms with E-state index in [0.717, 1.165) is 77.4 Å². The number of aryl methyl sites for hydroxylation is 2. The van der Waals surface area contributed by atoms with Gasteiger partial charge in [-0.15, -0.1) is 0 Å². The molecule has 7 aromatic rings. The number of pyridine rings is 1. The summed E-state index contributed by atoms with van der Waals surface area (Å²) < 4.78 is 13.0. The van der Waals surface area contributed by atoms with Crippen molar-refractivity contribution >= 4 is 43.9 Å². The van der Waals surface area contributed by atoms with E-state index in [9.17, 15) is 0 Å². The predicted molar refractivity (Wildman–Crippen MR) is 139 cm³/mol. The van der Waals surface area contributed by atoms with Crippen molar-refractivity contribution in [2.24, 2.45) is 0 Å². The Morgan fingerprint density at radius 1 is 0.588 bits per heavy atom. The molecule has 3 heteroatoms. The molecule has 3 aromatic heterocycles. The van der Waals surface area contributed by atoms with Gasteiger partial charge in [0, 0.05) is 27.9 Å². The standard InChI is InChI=1S/C31H21NO2/c1-18-8-7-13-23-28-26(33-29(18)23)17-24(27-22-12-6-9-19(2)30(22)34-31(27)28)21-14-15-32-25(16-21)20-10-4-3-5-11-20/h3-17H,1-2H3. The number of furan rings is 2. The average molecular weight is 440 g/mol. The van der Waals surface area contributed by atoms with Gasteiger partial charge in [-0.3, -0.25) is 4.98 Å².